The lowest BCUT2D eigenvalue weighted by Crippen LogP contribution is -2.13. The maximum atomic E-state index is 4.79. The second kappa shape index (κ2) is 6.01. The molecular weight excluding hydrogens is 304 g/mol. The van der Waals surface area contributed by atoms with Gasteiger partial charge in [0.05, 0.1) is 5.71 Å². The van der Waals surface area contributed by atoms with Crippen LogP contribution < -0.4 is 0 Å². The van der Waals surface area contributed by atoms with E-state index < -0.39 is 0 Å². The molecule has 5 heteroatoms. The number of hydrogen-bond donors (Lipinski definition) is 0. The van der Waals surface area contributed by atoms with Crippen molar-refractivity contribution >= 4 is 17.5 Å². The van der Waals surface area contributed by atoms with Crippen LogP contribution in [0.15, 0.2) is 64.9 Å². The van der Waals surface area contributed by atoms with Crippen molar-refractivity contribution in [2.75, 3.05) is 5.75 Å². The summed E-state index contributed by atoms with van der Waals surface area (Å²) in [7, 11) is 0. The van der Waals surface area contributed by atoms with Crippen LogP contribution in [0.1, 0.15) is 18.1 Å². The van der Waals surface area contributed by atoms with E-state index in [4.69, 9.17) is 5.10 Å². The minimum Gasteiger partial charge on any atom is -0.187 e. The van der Waals surface area contributed by atoms with Crippen LogP contribution in [0.4, 0.5) is 0 Å². The van der Waals surface area contributed by atoms with Gasteiger partial charge in [0, 0.05) is 11.3 Å². The van der Waals surface area contributed by atoms with E-state index in [-0.39, 0.29) is 0 Å². The first kappa shape index (κ1) is 14.2. The fourth-order valence-electron chi connectivity index (χ4n) is 2.57. The summed E-state index contributed by atoms with van der Waals surface area (Å²) in [6, 6.07) is 18.7. The topological polar surface area (TPSA) is 43.1 Å². The molecule has 1 aliphatic rings. The Balaban J connectivity index is 1.75. The predicted molar refractivity (Wildman–Crippen MR) is 93.9 cm³/mol. The van der Waals surface area contributed by atoms with Gasteiger partial charge in [-0.15, -0.1) is 10.2 Å². The van der Waals surface area contributed by atoms with Gasteiger partial charge in [0.15, 0.2) is 5.82 Å². The zero-order valence-corrected chi connectivity index (χ0v) is 13.6. The van der Waals surface area contributed by atoms with Crippen molar-refractivity contribution in [1.82, 2.24) is 14.9 Å². The van der Waals surface area contributed by atoms with Gasteiger partial charge in [0.2, 0.25) is 5.16 Å². The second-order valence-electron chi connectivity index (χ2n) is 5.37. The highest BCUT2D eigenvalue weighted by molar-refractivity contribution is 7.99. The van der Waals surface area contributed by atoms with Crippen LogP contribution in [-0.4, -0.2) is 26.3 Å². The molecule has 114 valence electrons. The first-order valence-electron chi connectivity index (χ1n) is 7.66. The van der Waals surface area contributed by atoms with Gasteiger partial charge in [-0.05, 0) is 17.5 Å². The van der Waals surface area contributed by atoms with Crippen molar-refractivity contribution in [2.45, 2.75) is 18.5 Å². The molecule has 0 atom stereocenters. The zero-order valence-electron chi connectivity index (χ0n) is 12.8. The molecule has 0 unspecified atom stereocenters. The molecule has 23 heavy (non-hydrogen) atoms. The summed E-state index contributed by atoms with van der Waals surface area (Å²) in [5.41, 5.74) is 4.58. The molecule has 1 aromatic heterocycles. The van der Waals surface area contributed by atoms with Gasteiger partial charge in [-0.25, -0.2) is 0 Å². The van der Waals surface area contributed by atoms with Crippen LogP contribution in [0.3, 0.4) is 0 Å². The predicted octanol–water partition coefficient (Wildman–Crippen LogP) is 3.87. The SMILES string of the molecule is CCc1ccc(C2=Nn3c(nnc3-c3ccccc3)SC2)cc1. The molecule has 0 radical (unpaired) electrons. The molecule has 0 spiro atoms. The average Bonchev–Trinajstić information content (AvgIpc) is 3.05. The summed E-state index contributed by atoms with van der Waals surface area (Å²) in [5.74, 6) is 1.61. The van der Waals surface area contributed by atoms with Gasteiger partial charge in [-0.1, -0.05) is 73.3 Å². The molecule has 0 saturated carbocycles. The Bertz CT molecular complexity index is 850. The summed E-state index contributed by atoms with van der Waals surface area (Å²) in [4.78, 5) is 0. The Kier molecular flexibility index (Phi) is 3.71. The molecule has 0 N–H and O–H groups in total. The number of benzene rings is 2. The lowest BCUT2D eigenvalue weighted by atomic mass is 10.1. The Labute approximate surface area is 139 Å². The van der Waals surface area contributed by atoms with E-state index in [1.54, 1.807) is 11.8 Å². The molecule has 0 fully saturated rings. The second-order valence-corrected chi connectivity index (χ2v) is 6.31. The number of aromatic nitrogens is 3. The van der Waals surface area contributed by atoms with E-state index in [2.05, 4.69) is 41.4 Å². The number of thioether (sulfide) groups is 1. The maximum Gasteiger partial charge on any atom is 0.212 e. The molecule has 4 rings (SSSR count). The summed E-state index contributed by atoms with van der Waals surface area (Å²) >= 11 is 1.68. The molecule has 4 nitrogen and oxygen atoms in total. The molecule has 0 saturated heterocycles. The molecule has 0 bridgehead atoms. The Morgan fingerprint density at radius 3 is 2.48 bits per heavy atom. The van der Waals surface area contributed by atoms with Crippen molar-refractivity contribution in [3.8, 4) is 11.4 Å². The van der Waals surface area contributed by atoms with Crippen molar-refractivity contribution in [1.29, 1.82) is 0 Å². The zero-order chi connectivity index (χ0) is 15.6. The van der Waals surface area contributed by atoms with Crippen molar-refractivity contribution in [3.05, 3.63) is 65.7 Å². The van der Waals surface area contributed by atoms with Crippen LogP contribution in [0.25, 0.3) is 11.4 Å². The first-order chi connectivity index (χ1) is 11.3. The highest BCUT2D eigenvalue weighted by Crippen LogP contribution is 2.28. The van der Waals surface area contributed by atoms with Gasteiger partial charge in [-0.2, -0.15) is 9.78 Å². The largest absolute Gasteiger partial charge is 0.212 e. The average molecular weight is 320 g/mol. The summed E-state index contributed by atoms with van der Waals surface area (Å²) < 4.78 is 1.85. The number of rotatable bonds is 3. The van der Waals surface area contributed by atoms with Crippen molar-refractivity contribution in [2.24, 2.45) is 5.10 Å². The Hall–Kier alpha value is -2.40. The van der Waals surface area contributed by atoms with Crippen LogP contribution in [0.5, 0.6) is 0 Å². The van der Waals surface area contributed by atoms with Crippen molar-refractivity contribution in [3.63, 3.8) is 0 Å². The quantitative estimate of drug-likeness (QED) is 0.736. The summed E-state index contributed by atoms with van der Waals surface area (Å²) in [5, 5.41) is 14.2. The van der Waals surface area contributed by atoms with E-state index in [0.29, 0.717) is 0 Å². The van der Waals surface area contributed by atoms with Crippen LogP contribution >= 0.6 is 11.8 Å². The molecule has 0 aliphatic carbocycles. The van der Waals surface area contributed by atoms with Gasteiger partial charge in [0.25, 0.3) is 0 Å². The normalized spacial score (nSPS) is 13.5. The minimum absolute atomic E-state index is 0.787. The smallest absolute Gasteiger partial charge is 0.187 e. The third kappa shape index (κ3) is 2.68. The van der Waals surface area contributed by atoms with Gasteiger partial charge in [0.1, 0.15) is 0 Å². The number of aryl methyl sites for hydroxylation is 1. The molecular formula is C18H16N4S. The van der Waals surface area contributed by atoms with E-state index in [1.807, 2.05) is 35.0 Å². The van der Waals surface area contributed by atoms with Gasteiger partial charge >= 0.3 is 0 Å². The Morgan fingerprint density at radius 2 is 1.74 bits per heavy atom. The standard InChI is InChI=1S/C18H16N4S/c1-2-13-8-10-14(11-9-13)16-12-23-18-20-19-17(22(18)21-16)15-6-4-3-5-7-15/h3-11H,2,12H2,1H3. The molecule has 1 aliphatic heterocycles. The fraction of sp³-hybridized carbons (Fsp3) is 0.167. The molecule has 0 amide bonds. The lowest BCUT2D eigenvalue weighted by Gasteiger charge is -2.14. The number of nitrogens with zero attached hydrogens (tertiary/aromatic N) is 4. The molecule has 2 aromatic carbocycles. The highest BCUT2D eigenvalue weighted by atomic mass is 32.2. The van der Waals surface area contributed by atoms with Crippen LogP contribution in [-0.2, 0) is 6.42 Å². The first-order valence-corrected chi connectivity index (χ1v) is 8.64. The third-order valence-corrected chi connectivity index (χ3v) is 4.83. The fourth-order valence-corrected chi connectivity index (χ4v) is 3.41. The van der Waals surface area contributed by atoms with Crippen LogP contribution in [0, 0.1) is 0 Å². The van der Waals surface area contributed by atoms with Gasteiger partial charge in [-0.3, -0.25) is 0 Å². The van der Waals surface area contributed by atoms with E-state index in [9.17, 15) is 0 Å². The van der Waals surface area contributed by atoms with Crippen molar-refractivity contribution < 1.29 is 0 Å². The summed E-state index contributed by atoms with van der Waals surface area (Å²) in [6.07, 6.45) is 1.05. The Morgan fingerprint density at radius 1 is 0.957 bits per heavy atom. The number of fused-ring (bicyclic) bond motifs is 1. The molecule has 2 heterocycles. The van der Waals surface area contributed by atoms with Crippen LogP contribution in [0.2, 0.25) is 0 Å². The maximum absolute atomic E-state index is 4.79. The highest BCUT2D eigenvalue weighted by Gasteiger charge is 2.20. The van der Waals surface area contributed by atoms with Gasteiger partial charge < -0.3 is 0 Å². The molecule has 3 aromatic rings. The third-order valence-electron chi connectivity index (χ3n) is 3.90. The monoisotopic (exact) mass is 320 g/mol. The van der Waals surface area contributed by atoms with E-state index in [0.717, 1.165) is 40.0 Å². The number of hydrogen-bond acceptors (Lipinski definition) is 4. The lowest BCUT2D eigenvalue weighted by molar-refractivity contribution is 0.762. The summed E-state index contributed by atoms with van der Waals surface area (Å²) in [6.45, 7) is 2.17. The minimum atomic E-state index is 0.787. The van der Waals surface area contributed by atoms with E-state index in [1.165, 1.54) is 5.56 Å². The van der Waals surface area contributed by atoms with E-state index >= 15 is 0 Å².